The number of benzene rings is 1. The summed E-state index contributed by atoms with van der Waals surface area (Å²) in [4.78, 5) is 0. The normalized spacial score (nSPS) is 9.40. The van der Waals surface area contributed by atoms with E-state index in [1.54, 1.807) is 24.3 Å². The maximum atomic E-state index is 11.1. The van der Waals surface area contributed by atoms with Crippen molar-refractivity contribution in [1.82, 2.24) is 0 Å². The molecule has 0 saturated carbocycles. The van der Waals surface area contributed by atoms with E-state index in [0.717, 1.165) is 0 Å². The minimum atomic E-state index is 0.520. The van der Waals surface area contributed by atoms with Crippen LogP contribution in [0.1, 0.15) is 0 Å². The van der Waals surface area contributed by atoms with Crippen molar-refractivity contribution in [3.8, 4) is 0 Å². The van der Waals surface area contributed by atoms with Gasteiger partial charge in [0.1, 0.15) is 0 Å². The molecule has 10 heavy (non-hydrogen) atoms. The molecule has 54 valence electrons. The zero-order valence-electron chi connectivity index (χ0n) is 4.97. The van der Waals surface area contributed by atoms with Crippen LogP contribution in [-0.2, 0) is 5.04 Å². The number of rotatable bonds is 2. The van der Waals surface area contributed by atoms with E-state index in [0.29, 0.717) is 10.7 Å². The van der Waals surface area contributed by atoms with Crippen molar-refractivity contribution >= 4 is 17.3 Å². The SMILES string of the molecule is FONc1ccc(Cl)cc1. The smallest absolute Gasteiger partial charge is 0.0638 e. The van der Waals surface area contributed by atoms with Gasteiger partial charge >= 0.3 is 0 Å². The molecule has 1 aromatic carbocycles. The molecule has 0 fully saturated rings. The highest BCUT2D eigenvalue weighted by Gasteiger charge is 1.89. The van der Waals surface area contributed by atoms with Gasteiger partial charge in [0, 0.05) is 5.02 Å². The second kappa shape index (κ2) is 3.39. The predicted octanol–water partition coefficient (Wildman–Crippen LogP) is 2.57. The Balaban J connectivity index is 2.69. The van der Waals surface area contributed by atoms with Crippen molar-refractivity contribution in [3.63, 3.8) is 0 Å². The van der Waals surface area contributed by atoms with Gasteiger partial charge in [-0.1, -0.05) is 16.6 Å². The van der Waals surface area contributed by atoms with Crippen LogP contribution in [0.4, 0.5) is 10.2 Å². The molecule has 0 unspecified atom stereocenters. The molecule has 4 heteroatoms. The molecule has 1 N–H and O–H groups in total. The second-order valence-corrected chi connectivity index (χ2v) is 2.12. The predicted molar refractivity (Wildman–Crippen MR) is 37.3 cm³/mol. The summed E-state index contributed by atoms with van der Waals surface area (Å²) in [5.74, 6) is 0. The largest absolute Gasteiger partial charge is 0.231 e. The van der Waals surface area contributed by atoms with Gasteiger partial charge in [-0.2, -0.15) is 0 Å². The third-order valence-corrected chi connectivity index (χ3v) is 1.25. The first-order valence-electron chi connectivity index (χ1n) is 2.62. The molecule has 0 atom stereocenters. The topological polar surface area (TPSA) is 21.3 Å². The molecule has 0 spiro atoms. The van der Waals surface area contributed by atoms with Crippen LogP contribution in [0.3, 0.4) is 0 Å². The van der Waals surface area contributed by atoms with E-state index in [1.165, 1.54) is 0 Å². The average molecular weight is 162 g/mol. The maximum absolute atomic E-state index is 11.1. The van der Waals surface area contributed by atoms with E-state index >= 15 is 0 Å². The van der Waals surface area contributed by atoms with Gasteiger partial charge in [0.2, 0.25) is 0 Å². The first-order valence-corrected chi connectivity index (χ1v) is 3.00. The van der Waals surface area contributed by atoms with Crippen LogP contribution >= 0.6 is 11.6 Å². The zero-order chi connectivity index (χ0) is 7.40. The Hall–Kier alpha value is -0.800. The summed E-state index contributed by atoms with van der Waals surface area (Å²) < 4.78 is 11.1. The molecule has 0 aliphatic heterocycles. The second-order valence-electron chi connectivity index (χ2n) is 1.69. The van der Waals surface area contributed by atoms with E-state index in [4.69, 9.17) is 11.6 Å². The van der Waals surface area contributed by atoms with E-state index in [-0.39, 0.29) is 0 Å². The first-order chi connectivity index (χ1) is 4.83. The van der Waals surface area contributed by atoms with Crippen LogP contribution in [0.5, 0.6) is 0 Å². The lowest BCUT2D eigenvalue weighted by atomic mass is 10.3. The lowest BCUT2D eigenvalue weighted by Crippen LogP contribution is -1.90. The van der Waals surface area contributed by atoms with Crippen molar-refractivity contribution in [2.24, 2.45) is 0 Å². The van der Waals surface area contributed by atoms with Gasteiger partial charge in [-0.25, -0.2) is 5.48 Å². The fourth-order valence-corrected chi connectivity index (χ4v) is 0.688. The zero-order valence-corrected chi connectivity index (χ0v) is 5.73. The number of nitrogens with one attached hydrogen (secondary N) is 1. The number of hydrogen-bond acceptors (Lipinski definition) is 2. The van der Waals surface area contributed by atoms with Gasteiger partial charge in [0.15, 0.2) is 0 Å². The van der Waals surface area contributed by atoms with Gasteiger partial charge in [-0.15, -0.1) is 0 Å². The maximum Gasteiger partial charge on any atom is 0.0638 e. The number of halogens is 2. The lowest BCUT2D eigenvalue weighted by Gasteiger charge is -1.97. The summed E-state index contributed by atoms with van der Waals surface area (Å²) in [6.45, 7) is 0. The van der Waals surface area contributed by atoms with Crippen LogP contribution in [0.2, 0.25) is 5.02 Å². The molecular weight excluding hydrogens is 157 g/mol. The molecule has 1 aromatic rings. The Morgan fingerprint density at radius 3 is 2.40 bits per heavy atom. The fraction of sp³-hybridized carbons (Fsp3) is 0. The summed E-state index contributed by atoms with van der Waals surface area (Å²) in [5, 5.41) is 3.78. The van der Waals surface area contributed by atoms with Gasteiger partial charge in [-0.3, -0.25) is 0 Å². The van der Waals surface area contributed by atoms with Crippen LogP contribution in [0, 0.1) is 0 Å². The van der Waals surface area contributed by atoms with E-state index in [2.05, 4.69) is 5.04 Å². The van der Waals surface area contributed by atoms with Crippen molar-refractivity contribution in [2.45, 2.75) is 0 Å². The minimum Gasteiger partial charge on any atom is -0.231 e. The quantitative estimate of drug-likeness (QED) is 0.674. The Kier molecular flexibility index (Phi) is 2.48. The Bertz CT molecular complexity index is 201. The van der Waals surface area contributed by atoms with Crippen LogP contribution in [0.15, 0.2) is 24.3 Å². The number of hydrogen-bond donors (Lipinski definition) is 1. The summed E-state index contributed by atoms with van der Waals surface area (Å²) in [6.07, 6.45) is 0. The van der Waals surface area contributed by atoms with Gasteiger partial charge in [0.25, 0.3) is 0 Å². The monoisotopic (exact) mass is 161 g/mol. The van der Waals surface area contributed by atoms with Crippen molar-refractivity contribution < 1.29 is 9.57 Å². The molecule has 0 radical (unpaired) electrons. The van der Waals surface area contributed by atoms with Crippen LogP contribution in [0.25, 0.3) is 0 Å². The van der Waals surface area contributed by atoms with Gasteiger partial charge < -0.3 is 0 Å². The molecule has 0 heterocycles. The third-order valence-electron chi connectivity index (χ3n) is 1.00. The molecule has 0 aliphatic rings. The summed E-state index contributed by atoms with van der Waals surface area (Å²) in [7, 11) is 0. The molecule has 0 aliphatic carbocycles. The van der Waals surface area contributed by atoms with E-state index in [1.807, 2.05) is 5.48 Å². The Labute approximate surface area is 62.4 Å². The van der Waals surface area contributed by atoms with Crippen molar-refractivity contribution in [1.29, 1.82) is 0 Å². The Morgan fingerprint density at radius 2 is 1.90 bits per heavy atom. The van der Waals surface area contributed by atoms with E-state index < -0.39 is 0 Å². The van der Waals surface area contributed by atoms with Crippen molar-refractivity contribution in [2.75, 3.05) is 5.48 Å². The van der Waals surface area contributed by atoms with Gasteiger partial charge in [0.05, 0.1) is 5.69 Å². The molecule has 0 bridgehead atoms. The van der Waals surface area contributed by atoms with E-state index in [9.17, 15) is 4.53 Å². The van der Waals surface area contributed by atoms with Crippen LogP contribution in [-0.4, -0.2) is 0 Å². The molecule has 0 amide bonds. The van der Waals surface area contributed by atoms with Gasteiger partial charge in [-0.05, 0) is 28.8 Å². The highest BCUT2D eigenvalue weighted by Crippen LogP contribution is 2.12. The van der Waals surface area contributed by atoms with Crippen molar-refractivity contribution in [3.05, 3.63) is 29.3 Å². The standard InChI is InChI=1S/C6H5ClFNO/c7-5-1-3-6(4-2-5)9-10-8/h1-4,9H. The molecule has 2 nitrogen and oxygen atoms in total. The fourth-order valence-electron chi connectivity index (χ4n) is 0.562. The minimum absolute atomic E-state index is 0.520. The summed E-state index contributed by atoms with van der Waals surface area (Å²) >= 11 is 5.55. The third kappa shape index (κ3) is 1.86. The highest BCUT2D eigenvalue weighted by molar-refractivity contribution is 6.30. The highest BCUT2D eigenvalue weighted by atomic mass is 35.5. The Morgan fingerprint density at radius 1 is 1.30 bits per heavy atom. The molecular formula is C6H5ClFNO. The van der Waals surface area contributed by atoms with Crippen LogP contribution < -0.4 is 5.48 Å². The molecule has 0 aromatic heterocycles. The number of anilines is 1. The molecule has 0 saturated heterocycles. The average Bonchev–Trinajstić information content (AvgIpc) is 1.95. The summed E-state index contributed by atoms with van der Waals surface area (Å²) in [5.41, 5.74) is 2.53. The first kappa shape index (κ1) is 7.31. The molecule has 1 rings (SSSR count). The summed E-state index contributed by atoms with van der Waals surface area (Å²) in [6, 6.07) is 6.45. The lowest BCUT2D eigenvalue weighted by molar-refractivity contribution is -0.0973.